The fraction of sp³-hybridized carbons (Fsp3) is 0.524. The Labute approximate surface area is 173 Å². The predicted molar refractivity (Wildman–Crippen MR) is 107 cm³/mol. The molecular weight excluding hydrogens is 399 g/mol. The van der Waals surface area contributed by atoms with Crippen molar-refractivity contribution in [2.24, 2.45) is 5.92 Å². The van der Waals surface area contributed by atoms with Gasteiger partial charge in [0.15, 0.2) is 11.5 Å². The van der Waals surface area contributed by atoms with Crippen LogP contribution in [-0.4, -0.2) is 34.4 Å². The van der Waals surface area contributed by atoms with Crippen LogP contribution in [0.4, 0.5) is 13.2 Å². The van der Waals surface area contributed by atoms with E-state index in [-0.39, 0.29) is 36.5 Å². The molecule has 1 unspecified atom stereocenters. The van der Waals surface area contributed by atoms with E-state index >= 15 is 0 Å². The number of nitrogens with one attached hydrogen (secondary N) is 2. The van der Waals surface area contributed by atoms with Gasteiger partial charge in [-0.1, -0.05) is 31.1 Å². The van der Waals surface area contributed by atoms with Gasteiger partial charge in [0.25, 0.3) is 5.91 Å². The number of carbonyl (C=O) groups is 1. The highest BCUT2D eigenvalue weighted by Gasteiger charge is 2.31. The van der Waals surface area contributed by atoms with Crippen LogP contribution >= 0.6 is 0 Å². The monoisotopic (exact) mass is 427 g/mol. The zero-order valence-electron chi connectivity index (χ0n) is 17.7. The van der Waals surface area contributed by atoms with Crippen LogP contribution in [0.5, 0.6) is 0 Å². The van der Waals surface area contributed by atoms with Crippen molar-refractivity contribution in [3.8, 4) is 11.3 Å². The van der Waals surface area contributed by atoms with E-state index in [1.165, 1.54) is 12.1 Å². The summed E-state index contributed by atoms with van der Waals surface area (Å²) >= 11 is 0. The Hall–Kier alpha value is -2.39. The SMILES string of the molecule is CC(C)C(C)NC(=O)c1noc(-c2ccc(C(F)(F)F)cc2)c1CNCC(C)(C)O. The lowest BCUT2D eigenvalue weighted by Crippen LogP contribution is -2.37. The lowest BCUT2D eigenvalue weighted by atomic mass is 10.0. The van der Waals surface area contributed by atoms with E-state index in [9.17, 15) is 23.1 Å². The van der Waals surface area contributed by atoms with Gasteiger partial charge >= 0.3 is 6.18 Å². The number of aliphatic hydroxyl groups is 1. The molecule has 3 N–H and O–H groups in total. The van der Waals surface area contributed by atoms with Crippen molar-refractivity contribution < 1.29 is 27.6 Å². The third kappa shape index (κ3) is 6.30. The molecule has 0 radical (unpaired) electrons. The zero-order valence-corrected chi connectivity index (χ0v) is 17.7. The Kier molecular flexibility index (Phi) is 7.31. The summed E-state index contributed by atoms with van der Waals surface area (Å²) < 4.78 is 43.9. The standard InChI is InChI=1S/C21H28F3N3O3/c1-12(2)13(3)26-19(28)17-16(10-25-11-20(4,5)29)18(30-27-17)14-6-8-15(9-7-14)21(22,23)24/h6-9,12-13,25,29H,10-11H2,1-5H3,(H,26,28). The van der Waals surface area contributed by atoms with Crippen molar-refractivity contribution in [2.45, 2.75) is 59.0 Å². The summed E-state index contributed by atoms with van der Waals surface area (Å²) in [5.41, 5.74) is -0.934. The number of alkyl halides is 3. The quantitative estimate of drug-likeness (QED) is 0.593. The lowest BCUT2D eigenvalue weighted by molar-refractivity contribution is -0.137. The predicted octanol–water partition coefficient (Wildman–Crippen LogP) is 4.00. The number of hydrogen-bond acceptors (Lipinski definition) is 5. The highest BCUT2D eigenvalue weighted by Crippen LogP contribution is 2.32. The van der Waals surface area contributed by atoms with Crippen LogP contribution < -0.4 is 10.6 Å². The van der Waals surface area contributed by atoms with Gasteiger partial charge in [-0.05, 0) is 38.8 Å². The maximum Gasteiger partial charge on any atom is 0.416 e. The van der Waals surface area contributed by atoms with Crippen LogP contribution in [0.3, 0.4) is 0 Å². The second-order valence-electron chi connectivity index (χ2n) is 8.34. The third-order valence-electron chi connectivity index (χ3n) is 4.70. The van der Waals surface area contributed by atoms with Crippen molar-refractivity contribution in [1.82, 2.24) is 15.8 Å². The average Bonchev–Trinajstić information content (AvgIpc) is 3.03. The maximum absolute atomic E-state index is 12.9. The van der Waals surface area contributed by atoms with E-state index in [0.29, 0.717) is 11.1 Å². The summed E-state index contributed by atoms with van der Waals surface area (Å²) in [4.78, 5) is 12.7. The minimum absolute atomic E-state index is 0.0562. The molecule has 0 aliphatic rings. The fourth-order valence-electron chi connectivity index (χ4n) is 2.62. The van der Waals surface area contributed by atoms with Gasteiger partial charge in [0, 0.05) is 30.3 Å². The molecule has 166 valence electrons. The first kappa shape index (κ1) is 23.9. The van der Waals surface area contributed by atoms with E-state index in [0.717, 1.165) is 12.1 Å². The van der Waals surface area contributed by atoms with Gasteiger partial charge in [0.1, 0.15) is 0 Å². The largest absolute Gasteiger partial charge is 0.416 e. The van der Waals surface area contributed by atoms with Crippen molar-refractivity contribution >= 4 is 5.91 Å². The Morgan fingerprint density at radius 2 is 1.77 bits per heavy atom. The number of rotatable bonds is 8. The molecule has 2 rings (SSSR count). The Morgan fingerprint density at radius 1 is 1.17 bits per heavy atom. The summed E-state index contributed by atoms with van der Waals surface area (Å²) in [5.74, 6) is -0.0283. The Balaban J connectivity index is 2.37. The molecule has 1 aromatic carbocycles. The molecule has 6 nitrogen and oxygen atoms in total. The molecule has 1 aromatic heterocycles. The molecule has 0 saturated heterocycles. The van der Waals surface area contributed by atoms with E-state index < -0.39 is 23.2 Å². The summed E-state index contributed by atoms with van der Waals surface area (Å²) in [5, 5.41) is 19.7. The smallest absolute Gasteiger partial charge is 0.389 e. The number of benzene rings is 1. The van der Waals surface area contributed by atoms with E-state index in [2.05, 4.69) is 15.8 Å². The summed E-state index contributed by atoms with van der Waals surface area (Å²) in [6.07, 6.45) is -4.45. The normalized spacial score (nSPS) is 13.5. The first-order valence-electron chi connectivity index (χ1n) is 9.69. The van der Waals surface area contributed by atoms with Gasteiger partial charge in [0.05, 0.1) is 11.2 Å². The number of aromatic nitrogens is 1. The third-order valence-corrected chi connectivity index (χ3v) is 4.70. The number of amides is 1. The van der Waals surface area contributed by atoms with Crippen LogP contribution in [0.25, 0.3) is 11.3 Å². The average molecular weight is 427 g/mol. The molecule has 1 amide bonds. The molecule has 0 aliphatic carbocycles. The molecule has 1 atom stereocenters. The van der Waals surface area contributed by atoms with Gasteiger partial charge < -0.3 is 20.3 Å². The first-order chi connectivity index (χ1) is 13.8. The molecule has 0 bridgehead atoms. The van der Waals surface area contributed by atoms with Gasteiger partial charge in [-0.15, -0.1) is 0 Å². The molecule has 30 heavy (non-hydrogen) atoms. The topological polar surface area (TPSA) is 87.4 Å². The fourth-order valence-corrected chi connectivity index (χ4v) is 2.62. The highest BCUT2D eigenvalue weighted by molar-refractivity contribution is 5.95. The van der Waals surface area contributed by atoms with Crippen LogP contribution in [0.15, 0.2) is 28.8 Å². The zero-order chi connectivity index (χ0) is 22.7. The van der Waals surface area contributed by atoms with Crippen molar-refractivity contribution in [3.63, 3.8) is 0 Å². The second kappa shape index (κ2) is 9.18. The maximum atomic E-state index is 12.9. The van der Waals surface area contributed by atoms with Gasteiger partial charge in [-0.25, -0.2) is 0 Å². The van der Waals surface area contributed by atoms with E-state index in [1.54, 1.807) is 13.8 Å². The van der Waals surface area contributed by atoms with E-state index in [4.69, 9.17) is 4.52 Å². The molecule has 2 aromatic rings. The Bertz CT molecular complexity index is 853. The number of halogens is 3. The van der Waals surface area contributed by atoms with Gasteiger partial charge in [0.2, 0.25) is 0 Å². The summed E-state index contributed by atoms with van der Waals surface area (Å²) in [6.45, 7) is 9.42. The molecule has 0 aliphatic heterocycles. The minimum atomic E-state index is -4.45. The number of nitrogens with zero attached hydrogens (tertiary/aromatic N) is 1. The van der Waals surface area contributed by atoms with Crippen molar-refractivity contribution in [3.05, 3.63) is 41.1 Å². The van der Waals surface area contributed by atoms with Crippen molar-refractivity contribution in [2.75, 3.05) is 6.54 Å². The molecule has 0 saturated carbocycles. The molecule has 9 heteroatoms. The molecular formula is C21H28F3N3O3. The highest BCUT2D eigenvalue weighted by atomic mass is 19.4. The van der Waals surface area contributed by atoms with Gasteiger partial charge in [-0.3, -0.25) is 4.79 Å². The summed E-state index contributed by atoms with van der Waals surface area (Å²) in [6, 6.07) is 4.35. The van der Waals surface area contributed by atoms with E-state index in [1.807, 2.05) is 20.8 Å². The van der Waals surface area contributed by atoms with Crippen LogP contribution in [0.1, 0.15) is 56.2 Å². The summed E-state index contributed by atoms with van der Waals surface area (Å²) in [7, 11) is 0. The first-order valence-corrected chi connectivity index (χ1v) is 9.69. The van der Waals surface area contributed by atoms with Crippen LogP contribution in [0, 0.1) is 5.92 Å². The number of hydrogen-bond donors (Lipinski definition) is 3. The molecule has 0 fully saturated rings. The Morgan fingerprint density at radius 3 is 2.27 bits per heavy atom. The van der Waals surface area contributed by atoms with Crippen LogP contribution in [0.2, 0.25) is 0 Å². The minimum Gasteiger partial charge on any atom is -0.389 e. The second-order valence-corrected chi connectivity index (χ2v) is 8.34. The van der Waals surface area contributed by atoms with Gasteiger partial charge in [-0.2, -0.15) is 13.2 Å². The molecule has 1 heterocycles. The van der Waals surface area contributed by atoms with Crippen molar-refractivity contribution in [1.29, 1.82) is 0 Å². The number of carbonyl (C=O) groups excluding carboxylic acids is 1. The van der Waals surface area contributed by atoms with Crippen LogP contribution in [-0.2, 0) is 12.7 Å². The lowest BCUT2D eigenvalue weighted by Gasteiger charge is -2.18. The molecule has 0 spiro atoms.